The van der Waals surface area contributed by atoms with Crippen LogP contribution in [-0.4, -0.2) is 89.3 Å². The SMILES string of the molecule is O=C1CCC(c2ccc(N3CCN(CCCC4CCN(NC(=O)c5ccc(Nc6ncc(F)c(Nc7ccc(C(=O)Nc8ccccc8Cl)cc7)n6)cc5)CC4)CC3)cc2)C(=O)N1. The first-order valence-corrected chi connectivity index (χ1v) is 21.8. The van der Waals surface area contributed by atoms with E-state index >= 15 is 0 Å². The summed E-state index contributed by atoms with van der Waals surface area (Å²) in [5.41, 5.74) is 7.74. The van der Waals surface area contributed by atoms with E-state index in [1.54, 1.807) is 72.8 Å². The molecular formula is C47H50ClFN10O4. The Labute approximate surface area is 370 Å². The van der Waals surface area contributed by atoms with Crippen LogP contribution in [0.5, 0.6) is 0 Å². The van der Waals surface area contributed by atoms with Gasteiger partial charge in [-0.15, -0.1) is 0 Å². The predicted octanol–water partition coefficient (Wildman–Crippen LogP) is 7.49. The predicted molar refractivity (Wildman–Crippen MR) is 242 cm³/mol. The van der Waals surface area contributed by atoms with Crippen LogP contribution in [0.1, 0.15) is 70.7 Å². The topological polar surface area (TPSA) is 164 Å². The second kappa shape index (κ2) is 20.2. The Balaban J connectivity index is 0.724. The molecule has 0 aliphatic carbocycles. The minimum atomic E-state index is -0.655. The number of hydrogen-bond donors (Lipinski definition) is 5. The van der Waals surface area contributed by atoms with Crippen LogP contribution in [0, 0.1) is 11.7 Å². The lowest BCUT2D eigenvalue weighted by atomic mass is 9.90. The minimum absolute atomic E-state index is 0.0511. The van der Waals surface area contributed by atoms with Crippen molar-refractivity contribution in [2.24, 2.45) is 5.92 Å². The second-order valence-electron chi connectivity index (χ2n) is 16.2. The van der Waals surface area contributed by atoms with Gasteiger partial charge in [0.05, 0.1) is 22.8 Å². The molecule has 14 nitrogen and oxygen atoms in total. The average Bonchev–Trinajstić information content (AvgIpc) is 3.30. The highest BCUT2D eigenvalue weighted by Gasteiger charge is 2.28. The Morgan fingerprint density at radius 1 is 0.778 bits per heavy atom. The van der Waals surface area contributed by atoms with E-state index in [4.69, 9.17) is 11.6 Å². The third-order valence-electron chi connectivity index (χ3n) is 11.9. The molecule has 16 heteroatoms. The highest BCUT2D eigenvalue weighted by molar-refractivity contribution is 6.33. The van der Waals surface area contributed by atoms with Gasteiger partial charge in [0, 0.05) is 73.9 Å². The lowest BCUT2D eigenvalue weighted by Gasteiger charge is -2.37. The maximum Gasteiger partial charge on any atom is 0.265 e. The van der Waals surface area contributed by atoms with Crippen molar-refractivity contribution in [2.45, 2.75) is 44.4 Å². The standard InChI is InChI=1S/C47H50ClFN10O4/c48-39-5-1-2-6-41(39)53-44(61)33-7-13-35(14-8-33)51-43-40(49)30-50-47(55-43)52-36-15-9-34(10-16-36)45(62)56-59-24-21-31(22-25-59)4-3-23-57-26-28-58(29-27-57)37-17-11-32(12-18-37)38-19-20-42(60)54-46(38)63/h1-2,5-18,30-31,38H,3-4,19-29H2,(H,53,61)(H,56,62)(H,54,60,63)(H2,50,51,52,55). The van der Waals surface area contributed by atoms with E-state index in [1.165, 1.54) is 12.1 Å². The van der Waals surface area contributed by atoms with Crippen LogP contribution in [0.25, 0.3) is 0 Å². The Morgan fingerprint density at radius 2 is 1.44 bits per heavy atom. The third-order valence-corrected chi connectivity index (χ3v) is 12.2. The fourth-order valence-electron chi connectivity index (χ4n) is 8.25. The number of aromatic nitrogens is 2. The van der Waals surface area contributed by atoms with Crippen LogP contribution in [0.3, 0.4) is 0 Å². The molecule has 3 aliphatic rings. The van der Waals surface area contributed by atoms with Crippen LogP contribution < -0.4 is 31.6 Å². The Morgan fingerprint density at radius 3 is 2.13 bits per heavy atom. The molecule has 3 aliphatic heterocycles. The summed E-state index contributed by atoms with van der Waals surface area (Å²) in [4.78, 5) is 62.9. The van der Waals surface area contributed by atoms with Gasteiger partial charge >= 0.3 is 0 Å². The average molecular weight is 873 g/mol. The van der Waals surface area contributed by atoms with Crippen LogP contribution in [0.15, 0.2) is 103 Å². The fraction of sp³-hybridized carbons (Fsp3) is 0.319. The van der Waals surface area contributed by atoms with E-state index in [9.17, 15) is 23.6 Å². The molecule has 5 N–H and O–H groups in total. The quantitative estimate of drug-likeness (QED) is 0.0703. The summed E-state index contributed by atoms with van der Waals surface area (Å²) in [6.07, 6.45) is 6.40. The van der Waals surface area contributed by atoms with Crippen LogP contribution in [0.4, 0.5) is 38.9 Å². The number of nitrogens with zero attached hydrogens (tertiary/aromatic N) is 5. The summed E-state index contributed by atoms with van der Waals surface area (Å²) in [5.74, 6) is -1.08. The van der Waals surface area contributed by atoms with Crippen LogP contribution in [0.2, 0.25) is 5.02 Å². The van der Waals surface area contributed by atoms with Gasteiger partial charge in [0.1, 0.15) is 0 Å². The molecule has 0 spiro atoms. The number of para-hydroxylation sites is 1. The smallest absolute Gasteiger partial charge is 0.265 e. The number of anilines is 6. The molecule has 4 aromatic carbocycles. The molecular weight excluding hydrogens is 823 g/mol. The van der Waals surface area contributed by atoms with Crippen molar-refractivity contribution in [2.75, 3.05) is 66.7 Å². The number of hydrazine groups is 1. The second-order valence-corrected chi connectivity index (χ2v) is 16.6. The highest BCUT2D eigenvalue weighted by Crippen LogP contribution is 2.29. The molecule has 326 valence electrons. The van der Waals surface area contributed by atoms with Gasteiger partial charge in [0.15, 0.2) is 11.6 Å². The van der Waals surface area contributed by atoms with Crippen molar-refractivity contribution in [3.05, 3.63) is 131 Å². The van der Waals surface area contributed by atoms with Gasteiger partial charge < -0.3 is 20.9 Å². The van der Waals surface area contributed by atoms with Gasteiger partial charge in [0.2, 0.25) is 17.8 Å². The molecule has 0 bridgehead atoms. The molecule has 3 saturated heterocycles. The van der Waals surface area contributed by atoms with Crippen molar-refractivity contribution in [1.29, 1.82) is 0 Å². The normalized spacial score (nSPS) is 17.5. The molecule has 63 heavy (non-hydrogen) atoms. The molecule has 0 saturated carbocycles. The summed E-state index contributed by atoms with van der Waals surface area (Å²) in [5, 5.41) is 13.7. The van der Waals surface area contributed by atoms with Gasteiger partial charge in [-0.25, -0.2) is 14.4 Å². The van der Waals surface area contributed by atoms with Gasteiger partial charge in [-0.2, -0.15) is 4.98 Å². The number of piperidine rings is 2. The van der Waals surface area contributed by atoms with E-state index in [0.717, 1.165) is 76.8 Å². The molecule has 4 amide bonds. The number of carbonyl (C=O) groups is 4. The molecule has 1 atom stereocenters. The number of halogens is 2. The monoisotopic (exact) mass is 872 g/mol. The molecule has 1 unspecified atom stereocenters. The first kappa shape index (κ1) is 43.2. The zero-order valence-corrected chi connectivity index (χ0v) is 35.5. The number of nitrogens with one attached hydrogen (secondary N) is 5. The van der Waals surface area contributed by atoms with Crippen LogP contribution >= 0.6 is 11.6 Å². The Hall–Kier alpha value is -6.42. The van der Waals surface area contributed by atoms with Gasteiger partial charge in [0.25, 0.3) is 11.8 Å². The van der Waals surface area contributed by atoms with Gasteiger partial charge in [-0.1, -0.05) is 35.9 Å². The van der Waals surface area contributed by atoms with E-state index < -0.39 is 5.82 Å². The van der Waals surface area contributed by atoms with E-state index in [2.05, 4.69) is 58.6 Å². The number of carbonyl (C=O) groups excluding carboxylic acids is 4. The number of imide groups is 1. The number of amides is 4. The molecule has 5 aromatic rings. The first-order chi connectivity index (χ1) is 30.6. The maximum atomic E-state index is 14.7. The van der Waals surface area contributed by atoms with Gasteiger partial charge in [-0.05, 0) is 123 Å². The molecule has 4 heterocycles. The zero-order chi connectivity index (χ0) is 43.7. The molecule has 8 rings (SSSR count). The lowest BCUT2D eigenvalue weighted by molar-refractivity contribution is -0.134. The van der Waals surface area contributed by atoms with Crippen molar-refractivity contribution >= 4 is 69.7 Å². The third kappa shape index (κ3) is 11.3. The van der Waals surface area contributed by atoms with Crippen molar-refractivity contribution in [3.63, 3.8) is 0 Å². The summed E-state index contributed by atoms with van der Waals surface area (Å²) in [6, 6.07) is 28.6. The van der Waals surface area contributed by atoms with E-state index in [-0.39, 0.29) is 41.3 Å². The minimum Gasteiger partial charge on any atom is -0.369 e. The van der Waals surface area contributed by atoms with Crippen molar-refractivity contribution in [1.82, 2.24) is 30.6 Å². The first-order valence-electron chi connectivity index (χ1n) is 21.4. The Kier molecular flexibility index (Phi) is 13.8. The van der Waals surface area contributed by atoms with Crippen molar-refractivity contribution < 1.29 is 23.6 Å². The lowest BCUT2D eigenvalue weighted by Crippen LogP contribution is -2.47. The number of benzene rings is 4. The maximum absolute atomic E-state index is 14.7. The van der Waals surface area contributed by atoms with E-state index in [1.807, 2.05) is 17.1 Å². The Bertz CT molecular complexity index is 2410. The van der Waals surface area contributed by atoms with E-state index in [0.29, 0.717) is 52.0 Å². The molecule has 1 aromatic heterocycles. The summed E-state index contributed by atoms with van der Waals surface area (Å²) >= 11 is 6.15. The van der Waals surface area contributed by atoms with Crippen molar-refractivity contribution in [3.8, 4) is 0 Å². The van der Waals surface area contributed by atoms with Crippen LogP contribution in [-0.2, 0) is 9.59 Å². The summed E-state index contributed by atoms with van der Waals surface area (Å²) < 4.78 is 14.7. The number of hydrogen-bond acceptors (Lipinski definition) is 11. The summed E-state index contributed by atoms with van der Waals surface area (Å²) in [7, 11) is 0. The summed E-state index contributed by atoms with van der Waals surface area (Å²) in [6.45, 7) is 6.65. The fourth-order valence-corrected chi connectivity index (χ4v) is 8.43. The highest BCUT2D eigenvalue weighted by atomic mass is 35.5. The largest absolute Gasteiger partial charge is 0.369 e. The number of rotatable bonds is 14. The molecule has 0 radical (unpaired) electrons. The zero-order valence-electron chi connectivity index (χ0n) is 34.8. The number of piperazine rings is 1. The van der Waals surface area contributed by atoms with Gasteiger partial charge in [-0.3, -0.25) is 34.8 Å². The molecule has 3 fully saturated rings.